The van der Waals surface area contributed by atoms with Crippen molar-refractivity contribution in [2.24, 2.45) is 5.92 Å². The first-order valence-corrected chi connectivity index (χ1v) is 5.64. The summed E-state index contributed by atoms with van der Waals surface area (Å²) in [6.45, 7) is 3.83. The van der Waals surface area contributed by atoms with Gasteiger partial charge in [0.05, 0.1) is 17.9 Å². The highest BCUT2D eigenvalue weighted by Crippen LogP contribution is 2.22. The van der Waals surface area contributed by atoms with Crippen LogP contribution in [0.1, 0.15) is 18.9 Å². The SMILES string of the molecule is CC(Nc1ccccc1C#N)C1CCOC1. The van der Waals surface area contributed by atoms with Crippen molar-refractivity contribution in [2.45, 2.75) is 19.4 Å². The Morgan fingerprint density at radius 2 is 2.31 bits per heavy atom. The molecule has 1 aromatic rings. The van der Waals surface area contributed by atoms with Crippen LogP contribution in [-0.4, -0.2) is 19.3 Å². The van der Waals surface area contributed by atoms with Crippen LogP contribution in [0, 0.1) is 17.2 Å². The molecule has 3 nitrogen and oxygen atoms in total. The molecule has 1 aliphatic rings. The van der Waals surface area contributed by atoms with E-state index in [0.717, 1.165) is 25.3 Å². The molecular formula is C13H16N2O. The lowest BCUT2D eigenvalue weighted by atomic mass is 10.00. The second kappa shape index (κ2) is 5.00. The summed E-state index contributed by atoms with van der Waals surface area (Å²) in [6.07, 6.45) is 1.10. The van der Waals surface area contributed by atoms with Crippen LogP contribution in [0.4, 0.5) is 5.69 Å². The van der Waals surface area contributed by atoms with Gasteiger partial charge in [0.25, 0.3) is 0 Å². The van der Waals surface area contributed by atoms with E-state index >= 15 is 0 Å². The van der Waals surface area contributed by atoms with E-state index in [2.05, 4.69) is 18.3 Å². The summed E-state index contributed by atoms with van der Waals surface area (Å²) < 4.78 is 5.37. The van der Waals surface area contributed by atoms with Crippen LogP contribution in [0.15, 0.2) is 24.3 Å². The molecule has 1 aliphatic heterocycles. The molecule has 0 aliphatic carbocycles. The number of nitriles is 1. The van der Waals surface area contributed by atoms with Gasteiger partial charge in [-0.1, -0.05) is 12.1 Å². The monoisotopic (exact) mass is 216 g/mol. The van der Waals surface area contributed by atoms with E-state index in [-0.39, 0.29) is 0 Å². The van der Waals surface area contributed by atoms with Crippen LogP contribution in [0.2, 0.25) is 0 Å². The first-order chi connectivity index (χ1) is 7.81. The van der Waals surface area contributed by atoms with Crippen molar-refractivity contribution in [1.29, 1.82) is 5.26 Å². The number of nitrogens with one attached hydrogen (secondary N) is 1. The lowest BCUT2D eigenvalue weighted by molar-refractivity contribution is 0.183. The minimum atomic E-state index is 0.344. The molecule has 2 rings (SSSR count). The average molecular weight is 216 g/mol. The largest absolute Gasteiger partial charge is 0.381 e. The maximum atomic E-state index is 8.98. The summed E-state index contributed by atoms with van der Waals surface area (Å²) in [6, 6.07) is 10.2. The molecule has 0 bridgehead atoms. The fourth-order valence-electron chi connectivity index (χ4n) is 2.02. The predicted octanol–water partition coefficient (Wildman–Crippen LogP) is 2.40. The molecule has 0 radical (unpaired) electrons. The van der Waals surface area contributed by atoms with E-state index in [0.29, 0.717) is 17.5 Å². The Bertz CT molecular complexity index is 391. The summed E-state index contributed by atoms with van der Waals surface area (Å²) in [5, 5.41) is 12.4. The number of para-hydroxylation sites is 1. The van der Waals surface area contributed by atoms with Crippen LogP contribution in [0.3, 0.4) is 0 Å². The molecule has 1 heterocycles. The van der Waals surface area contributed by atoms with Gasteiger partial charge in [0, 0.05) is 18.6 Å². The smallest absolute Gasteiger partial charge is 0.101 e. The molecule has 0 aromatic heterocycles. The van der Waals surface area contributed by atoms with E-state index in [9.17, 15) is 0 Å². The van der Waals surface area contributed by atoms with Crippen molar-refractivity contribution in [3.8, 4) is 6.07 Å². The number of nitrogens with zero attached hydrogens (tertiary/aromatic N) is 1. The minimum absolute atomic E-state index is 0.344. The topological polar surface area (TPSA) is 45.0 Å². The first-order valence-electron chi connectivity index (χ1n) is 5.64. The Hall–Kier alpha value is -1.53. The lowest BCUT2D eigenvalue weighted by Gasteiger charge is -2.21. The van der Waals surface area contributed by atoms with Crippen LogP contribution >= 0.6 is 0 Å². The third kappa shape index (κ3) is 2.34. The molecule has 0 saturated carbocycles. The standard InChI is InChI=1S/C13H16N2O/c1-10(12-6-7-16-9-12)15-13-5-3-2-4-11(13)8-14/h2-5,10,12,15H,6-7,9H2,1H3. The molecule has 1 N–H and O–H groups in total. The van der Waals surface area contributed by atoms with E-state index in [1.165, 1.54) is 0 Å². The van der Waals surface area contributed by atoms with Crippen LogP contribution in [0.5, 0.6) is 0 Å². The zero-order chi connectivity index (χ0) is 11.4. The number of hydrogen-bond acceptors (Lipinski definition) is 3. The Labute approximate surface area is 96.0 Å². The molecule has 1 fully saturated rings. The van der Waals surface area contributed by atoms with Crippen LogP contribution in [-0.2, 0) is 4.74 Å². The molecule has 1 aromatic carbocycles. The highest BCUT2D eigenvalue weighted by atomic mass is 16.5. The first kappa shape index (κ1) is 11.0. The van der Waals surface area contributed by atoms with Gasteiger partial charge < -0.3 is 10.1 Å². The summed E-state index contributed by atoms with van der Waals surface area (Å²) >= 11 is 0. The fraction of sp³-hybridized carbons (Fsp3) is 0.462. The van der Waals surface area contributed by atoms with Gasteiger partial charge in [0.2, 0.25) is 0 Å². The minimum Gasteiger partial charge on any atom is -0.381 e. The van der Waals surface area contributed by atoms with Crippen molar-refractivity contribution < 1.29 is 4.74 Å². The maximum absolute atomic E-state index is 8.98. The Balaban J connectivity index is 2.05. The van der Waals surface area contributed by atoms with Crippen LogP contribution < -0.4 is 5.32 Å². The lowest BCUT2D eigenvalue weighted by Crippen LogP contribution is -2.26. The molecule has 84 valence electrons. The number of benzene rings is 1. The second-order valence-corrected chi connectivity index (χ2v) is 4.21. The normalized spacial score (nSPS) is 21.4. The fourth-order valence-corrected chi connectivity index (χ4v) is 2.02. The maximum Gasteiger partial charge on any atom is 0.101 e. The average Bonchev–Trinajstić information content (AvgIpc) is 2.83. The van der Waals surface area contributed by atoms with Crippen molar-refractivity contribution in [3.63, 3.8) is 0 Å². The summed E-state index contributed by atoms with van der Waals surface area (Å²) in [5.41, 5.74) is 1.62. The van der Waals surface area contributed by atoms with Crippen LogP contribution in [0.25, 0.3) is 0 Å². The molecule has 0 amide bonds. The molecule has 0 spiro atoms. The number of ether oxygens (including phenoxy) is 1. The van der Waals surface area contributed by atoms with Gasteiger partial charge in [-0.2, -0.15) is 5.26 Å². The summed E-state index contributed by atoms with van der Waals surface area (Å²) in [4.78, 5) is 0. The number of rotatable bonds is 3. The third-order valence-electron chi connectivity index (χ3n) is 3.10. The summed E-state index contributed by atoms with van der Waals surface area (Å²) in [7, 11) is 0. The molecule has 2 unspecified atom stereocenters. The van der Waals surface area contributed by atoms with Gasteiger partial charge in [-0.15, -0.1) is 0 Å². The Kier molecular flexibility index (Phi) is 3.43. The second-order valence-electron chi connectivity index (χ2n) is 4.21. The van der Waals surface area contributed by atoms with E-state index in [4.69, 9.17) is 10.00 Å². The highest BCUT2D eigenvalue weighted by Gasteiger charge is 2.22. The van der Waals surface area contributed by atoms with Crippen molar-refractivity contribution >= 4 is 5.69 Å². The molecule has 16 heavy (non-hydrogen) atoms. The zero-order valence-electron chi connectivity index (χ0n) is 9.44. The van der Waals surface area contributed by atoms with Gasteiger partial charge in [-0.3, -0.25) is 0 Å². The van der Waals surface area contributed by atoms with Gasteiger partial charge >= 0.3 is 0 Å². The predicted molar refractivity (Wildman–Crippen MR) is 63.2 cm³/mol. The molecule has 3 heteroatoms. The molecule has 1 saturated heterocycles. The quantitative estimate of drug-likeness (QED) is 0.843. The van der Waals surface area contributed by atoms with Gasteiger partial charge in [-0.25, -0.2) is 0 Å². The Morgan fingerprint density at radius 3 is 3.00 bits per heavy atom. The number of hydrogen-bond donors (Lipinski definition) is 1. The van der Waals surface area contributed by atoms with Crippen molar-refractivity contribution in [2.75, 3.05) is 18.5 Å². The van der Waals surface area contributed by atoms with E-state index < -0.39 is 0 Å². The van der Waals surface area contributed by atoms with Crippen molar-refractivity contribution in [3.05, 3.63) is 29.8 Å². The highest BCUT2D eigenvalue weighted by molar-refractivity contribution is 5.57. The van der Waals surface area contributed by atoms with Crippen molar-refractivity contribution in [1.82, 2.24) is 0 Å². The van der Waals surface area contributed by atoms with Gasteiger partial charge in [0.1, 0.15) is 6.07 Å². The molecule has 2 atom stereocenters. The Morgan fingerprint density at radius 1 is 1.50 bits per heavy atom. The zero-order valence-corrected chi connectivity index (χ0v) is 9.44. The third-order valence-corrected chi connectivity index (χ3v) is 3.10. The van der Waals surface area contributed by atoms with E-state index in [1.807, 2.05) is 24.3 Å². The number of anilines is 1. The van der Waals surface area contributed by atoms with Gasteiger partial charge in [0.15, 0.2) is 0 Å². The van der Waals surface area contributed by atoms with E-state index in [1.54, 1.807) is 0 Å². The summed E-state index contributed by atoms with van der Waals surface area (Å²) in [5.74, 6) is 0.548. The molecular weight excluding hydrogens is 200 g/mol. The van der Waals surface area contributed by atoms with Gasteiger partial charge in [-0.05, 0) is 25.5 Å².